The van der Waals surface area contributed by atoms with Crippen molar-refractivity contribution in [2.45, 2.75) is 31.4 Å². The second-order valence-corrected chi connectivity index (χ2v) is 9.62. The van der Waals surface area contributed by atoms with Crippen LogP contribution in [0.5, 0.6) is 17.2 Å². The number of likely N-dealkylation sites (N-methyl/N-ethyl adjacent to an activating group) is 1. The number of ether oxygens (including phenoxy) is 1. The Bertz CT molecular complexity index is 1330. The number of aromatic hydroxyl groups is 3. The number of phenols is 3. The Balaban J connectivity index is 1.88. The number of rotatable bonds is 7. The van der Waals surface area contributed by atoms with E-state index in [0.717, 1.165) is 6.92 Å². The molecule has 0 aliphatic heterocycles. The van der Waals surface area contributed by atoms with Gasteiger partial charge in [-0.3, -0.25) is 19.2 Å². The van der Waals surface area contributed by atoms with Crippen molar-refractivity contribution in [3.63, 3.8) is 0 Å². The van der Waals surface area contributed by atoms with Crippen molar-refractivity contribution in [2.24, 2.45) is 0 Å². The van der Waals surface area contributed by atoms with Crippen LogP contribution in [0.3, 0.4) is 0 Å². The molecule has 0 saturated carbocycles. The minimum atomic E-state index is -2.10. The van der Waals surface area contributed by atoms with Gasteiger partial charge in [-0.25, -0.2) is 0 Å². The van der Waals surface area contributed by atoms with Gasteiger partial charge >= 0.3 is 5.97 Å². The van der Waals surface area contributed by atoms with Crippen molar-refractivity contribution in [1.29, 1.82) is 0 Å². The number of nitrogens with zero attached hydrogens (tertiary/aromatic N) is 1. The van der Waals surface area contributed by atoms with Crippen molar-refractivity contribution in [3.8, 4) is 17.2 Å². The number of nitrogens with one attached hydrogen (secondary N) is 1. The smallest absolute Gasteiger partial charge is 0.303 e. The fourth-order valence-corrected chi connectivity index (χ4v) is 4.97. The van der Waals surface area contributed by atoms with Crippen LogP contribution in [-0.4, -0.2) is 88.0 Å². The molecule has 0 fully saturated rings. The zero-order chi connectivity index (χ0) is 27.2. The normalized spacial score (nSPS) is 20.3. The Hall–Kier alpha value is -3.80. The molecule has 11 heteroatoms. The summed E-state index contributed by atoms with van der Waals surface area (Å²) in [6, 6.07) is 3.01. The third kappa shape index (κ3) is 4.45. The molecule has 0 bridgehead atoms. The SMILES string of the molecule is CC(=O)OCC(=O)[C@]1(O)Cc2c(O)c3c(c(O)c2[C@@H](NCCN(C)C)C1)C(=O)c1c(O)cccc1C3=O. The topological polar surface area (TPSA) is 174 Å². The summed E-state index contributed by atoms with van der Waals surface area (Å²) in [7, 11) is 3.67. The van der Waals surface area contributed by atoms with E-state index in [-0.39, 0.29) is 28.7 Å². The molecule has 0 heterocycles. The van der Waals surface area contributed by atoms with Gasteiger partial charge in [-0.1, -0.05) is 12.1 Å². The summed E-state index contributed by atoms with van der Waals surface area (Å²) in [5.74, 6) is -4.83. The second kappa shape index (κ2) is 9.58. The number of ketones is 3. The average Bonchev–Trinajstić information content (AvgIpc) is 2.82. The van der Waals surface area contributed by atoms with Crippen LogP contribution in [0.15, 0.2) is 18.2 Å². The highest BCUT2D eigenvalue weighted by Gasteiger charge is 2.48. The van der Waals surface area contributed by atoms with Gasteiger partial charge in [-0.05, 0) is 20.2 Å². The van der Waals surface area contributed by atoms with Gasteiger partial charge in [0.2, 0.25) is 11.6 Å². The molecular formula is C26H28N2O9. The third-order valence-electron chi connectivity index (χ3n) is 6.79. The van der Waals surface area contributed by atoms with E-state index in [9.17, 15) is 39.6 Å². The highest BCUT2D eigenvalue weighted by atomic mass is 16.5. The number of benzene rings is 2. The van der Waals surface area contributed by atoms with Crippen LogP contribution in [0, 0.1) is 0 Å². The van der Waals surface area contributed by atoms with Crippen molar-refractivity contribution >= 4 is 23.3 Å². The fourth-order valence-electron chi connectivity index (χ4n) is 4.97. The van der Waals surface area contributed by atoms with Gasteiger partial charge < -0.3 is 35.4 Å². The van der Waals surface area contributed by atoms with Gasteiger partial charge in [0.25, 0.3) is 0 Å². The van der Waals surface area contributed by atoms with Gasteiger partial charge in [0.15, 0.2) is 12.4 Å². The average molecular weight is 513 g/mol. The molecule has 5 N–H and O–H groups in total. The van der Waals surface area contributed by atoms with Crippen molar-refractivity contribution in [1.82, 2.24) is 10.2 Å². The number of Topliss-reactive ketones (excluding diaryl/α,β-unsaturated/α-hetero) is 1. The Labute approximate surface area is 212 Å². The maximum absolute atomic E-state index is 13.4. The Morgan fingerprint density at radius 3 is 2.41 bits per heavy atom. The van der Waals surface area contributed by atoms with Gasteiger partial charge in [-0.15, -0.1) is 0 Å². The molecule has 196 valence electrons. The van der Waals surface area contributed by atoms with Crippen LogP contribution < -0.4 is 5.32 Å². The van der Waals surface area contributed by atoms with Gasteiger partial charge in [0.05, 0.1) is 16.7 Å². The van der Waals surface area contributed by atoms with Crippen LogP contribution in [0.2, 0.25) is 0 Å². The summed E-state index contributed by atoms with van der Waals surface area (Å²) in [5.41, 5.74) is -3.46. The molecule has 0 aromatic heterocycles. The number of carbonyl (C=O) groups excluding carboxylic acids is 4. The largest absolute Gasteiger partial charge is 0.507 e. The van der Waals surface area contributed by atoms with Crippen LogP contribution in [-0.2, 0) is 20.7 Å². The predicted molar refractivity (Wildman–Crippen MR) is 129 cm³/mol. The molecule has 37 heavy (non-hydrogen) atoms. The lowest BCUT2D eigenvalue weighted by atomic mass is 9.71. The molecule has 0 spiro atoms. The van der Waals surface area contributed by atoms with Crippen LogP contribution in [0.4, 0.5) is 0 Å². The van der Waals surface area contributed by atoms with Gasteiger partial charge in [-0.2, -0.15) is 0 Å². The first kappa shape index (κ1) is 26.3. The molecule has 4 rings (SSSR count). The summed E-state index contributed by atoms with van der Waals surface area (Å²) < 4.78 is 4.77. The van der Waals surface area contributed by atoms with Crippen molar-refractivity contribution in [2.75, 3.05) is 33.8 Å². The second-order valence-electron chi connectivity index (χ2n) is 9.62. The highest BCUT2D eigenvalue weighted by Crippen LogP contribution is 2.51. The first-order chi connectivity index (χ1) is 17.4. The summed E-state index contributed by atoms with van der Waals surface area (Å²) in [6.07, 6.45) is -0.751. The number of hydrogen-bond donors (Lipinski definition) is 5. The van der Waals surface area contributed by atoms with E-state index in [4.69, 9.17) is 4.74 Å². The zero-order valence-electron chi connectivity index (χ0n) is 20.6. The van der Waals surface area contributed by atoms with Crippen LogP contribution in [0.25, 0.3) is 0 Å². The lowest BCUT2D eigenvalue weighted by Gasteiger charge is -2.39. The first-order valence-electron chi connectivity index (χ1n) is 11.7. The number of esters is 1. The molecule has 2 aliphatic rings. The molecule has 0 amide bonds. The molecule has 2 aliphatic carbocycles. The van der Waals surface area contributed by atoms with E-state index in [1.54, 1.807) is 0 Å². The van der Waals surface area contributed by atoms with E-state index in [0.29, 0.717) is 13.1 Å². The molecule has 2 aromatic rings. The molecule has 11 nitrogen and oxygen atoms in total. The van der Waals surface area contributed by atoms with E-state index in [1.165, 1.54) is 18.2 Å². The van der Waals surface area contributed by atoms with Gasteiger partial charge in [0, 0.05) is 55.6 Å². The number of hydrogen-bond acceptors (Lipinski definition) is 11. The number of aliphatic hydroxyl groups is 1. The molecule has 2 atom stereocenters. The monoisotopic (exact) mass is 512 g/mol. The van der Waals surface area contributed by atoms with E-state index in [1.807, 2.05) is 19.0 Å². The number of fused-ring (bicyclic) bond motifs is 3. The quantitative estimate of drug-likeness (QED) is 0.221. The summed E-state index contributed by atoms with van der Waals surface area (Å²) in [5, 5.41) is 47.3. The highest BCUT2D eigenvalue weighted by molar-refractivity contribution is 6.31. The predicted octanol–water partition coefficient (Wildman–Crippen LogP) is 0.581. The summed E-state index contributed by atoms with van der Waals surface area (Å²) in [4.78, 5) is 52.7. The molecule has 2 aromatic carbocycles. The zero-order valence-corrected chi connectivity index (χ0v) is 20.6. The molecular weight excluding hydrogens is 484 g/mol. The van der Waals surface area contributed by atoms with Crippen LogP contribution in [0.1, 0.15) is 62.4 Å². The van der Waals surface area contributed by atoms with Crippen molar-refractivity contribution in [3.05, 3.63) is 51.6 Å². The number of carbonyl (C=O) groups is 4. The maximum Gasteiger partial charge on any atom is 0.303 e. The van der Waals surface area contributed by atoms with E-state index in [2.05, 4.69) is 5.32 Å². The maximum atomic E-state index is 13.4. The van der Waals surface area contributed by atoms with E-state index >= 15 is 0 Å². The Morgan fingerprint density at radius 2 is 1.76 bits per heavy atom. The fraction of sp³-hybridized carbons (Fsp3) is 0.385. The Morgan fingerprint density at radius 1 is 1.08 bits per heavy atom. The molecule has 0 radical (unpaired) electrons. The summed E-state index contributed by atoms with van der Waals surface area (Å²) in [6.45, 7) is 1.31. The third-order valence-corrected chi connectivity index (χ3v) is 6.79. The van der Waals surface area contributed by atoms with Gasteiger partial charge in [0.1, 0.15) is 22.8 Å². The number of phenolic OH excluding ortho intramolecular Hbond substituents is 3. The standard InChI is InChI=1S/C26H28N2O9/c1-12(29)37-11-17(31)26(36)9-14-18(15(10-26)27-7-8-28(2)3)24(34)21-20(23(14)33)22(32)13-5-4-6-16(30)19(13)25(21)35/h4-6,15,27,30,33-34,36H,7-11H2,1-3H3/t15-,26-/m0/s1. The summed E-state index contributed by atoms with van der Waals surface area (Å²) >= 11 is 0. The Kier molecular flexibility index (Phi) is 6.80. The lowest BCUT2D eigenvalue weighted by Crippen LogP contribution is -2.50. The lowest BCUT2D eigenvalue weighted by molar-refractivity contribution is -0.154. The van der Waals surface area contributed by atoms with Crippen LogP contribution >= 0.6 is 0 Å². The van der Waals surface area contributed by atoms with Crippen molar-refractivity contribution < 1.29 is 44.3 Å². The molecule has 0 unspecified atom stereocenters. The molecule has 0 saturated heterocycles. The van der Waals surface area contributed by atoms with E-state index < -0.39 is 76.4 Å². The minimum absolute atomic E-state index is 0.0694. The minimum Gasteiger partial charge on any atom is -0.507 e. The first-order valence-corrected chi connectivity index (χ1v) is 11.7.